The molecule has 0 aliphatic heterocycles. The van der Waals surface area contributed by atoms with Crippen molar-refractivity contribution in [3.63, 3.8) is 0 Å². The molecule has 0 spiro atoms. The van der Waals surface area contributed by atoms with E-state index in [2.05, 4.69) is 17.6 Å². The van der Waals surface area contributed by atoms with Gasteiger partial charge < -0.3 is 15.1 Å². The van der Waals surface area contributed by atoms with Crippen LogP contribution in [0.1, 0.15) is 39.2 Å². The van der Waals surface area contributed by atoms with Gasteiger partial charge in [0.2, 0.25) is 5.91 Å². The summed E-state index contributed by atoms with van der Waals surface area (Å²) in [6.07, 6.45) is 5.40. The number of furan rings is 1. The second kappa shape index (κ2) is 7.12. The highest BCUT2D eigenvalue weighted by Crippen LogP contribution is 2.00. The van der Waals surface area contributed by atoms with Crippen LogP contribution in [0.25, 0.3) is 0 Å². The van der Waals surface area contributed by atoms with Crippen LogP contribution >= 0.6 is 0 Å². The Balaban J connectivity index is 2.26. The molecule has 2 unspecified atom stereocenters. The lowest BCUT2D eigenvalue weighted by molar-refractivity contribution is -0.123. The lowest BCUT2D eigenvalue weighted by Gasteiger charge is -2.17. The van der Waals surface area contributed by atoms with Gasteiger partial charge in [0, 0.05) is 18.2 Å². The molecule has 1 heterocycles. The Labute approximate surface area is 103 Å². The summed E-state index contributed by atoms with van der Waals surface area (Å²) in [5, 5.41) is 6.15. The van der Waals surface area contributed by atoms with E-state index in [-0.39, 0.29) is 18.0 Å². The van der Waals surface area contributed by atoms with Crippen molar-refractivity contribution in [3.05, 3.63) is 24.2 Å². The van der Waals surface area contributed by atoms with Gasteiger partial charge in [-0.1, -0.05) is 13.3 Å². The number of nitrogens with one attached hydrogen (secondary N) is 2. The fourth-order valence-corrected chi connectivity index (χ4v) is 1.63. The Hall–Kier alpha value is -1.29. The molecule has 0 aromatic carbocycles. The minimum Gasteiger partial charge on any atom is -0.472 e. The molecular weight excluding hydrogens is 216 g/mol. The molecule has 1 rings (SSSR count). The molecular formula is C13H22N2O2. The fraction of sp³-hybridized carbons (Fsp3) is 0.615. The van der Waals surface area contributed by atoms with E-state index < -0.39 is 0 Å². The molecule has 1 aromatic heterocycles. The number of carbonyl (C=O) groups excluding carboxylic acids is 1. The summed E-state index contributed by atoms with van der Waals surface area (Å²) in [4.78, 5) is 11.8. The normalized spacial score (nSPS) is 14.3. The molecule has 0 radical (unpaired) electrons. The average Bonchev–Trinajstić information content (AvgIpc) is 2.78. The van der Waals surface area contributed by atoms with E-state index in [0.717, 1.165) is 18.4 Å². The standard InChI is InChI=1S/C13H22N2O2/c1-4-5-10(2)15-13(16)11(3)14-8-12-6-7-17-9-12/h6-7,9-11,14H,4-5,8H2,1-3H3,(H,15,16). The largest absolute Gasteiger partial charge is 0.472 e. The Morgan fingerprint density at radius 2 is 2.24 bits per heavy atom. The smallest absolute Gasteiger partial charge is 0.237 e. The molecule has 4 nitrogen and oxygen atoms in total. The average molecular weight is 238 g/mol. The maximum absolute atomic E-state index is 11.8. The van der Waals surface area contributed by atoms with Gasteiger partial charge >= 0.3 is 0 Å². The van der Waals surface area contributed by atoms with Crippen molar-refractivity contribution in [3.8, 4) is 0 Å². The topological polar surface area (TPSA) is 54.3 Å². The van der Waals surface area contributed by atoms with Crippen molar-refractivity contribution in [1.82, 2.24) is 10.6 Å². The molecule has 96 valence electrons. The minimum absolute atomic E-state index is 0.0504. The zero-order valence-corrected chi connectivity index (χ0v) is 10.8. The first kappa shape index (κ1) is 13.8. The monoisotopic (exact) mass is 238 g/mol. The predicted molar refractivity (Wildman–Crippen MR) is 67.5 cm³/mol. The van der Waals surface area contributed by atoms with E-state index in [1.807, 2.05) is 19.9 Å². The summed E-state index contributed by atoms with van der Waals surface area (Å²) in [5.41, 5.74) is 1.05. The van der Waals surface area contributed by atoms with E-state index in [4.69, 9.17) is 4.42 Å². The summed E-state index contributed by atoms with van der Waals surface area (Å²) in [6.45, 7) is 6.66. The molecule has 1 aromatic rings. The molecule has 2 atom stereocenters. The number of hydrogen-bond donors (Lipinski definition) is 2. The Morgan fingerprint density at radius 1 is 1.47 bits per heavy atom. The molecule has 0 saturated carbocycles. The fourth-order valence-electron chi connectivity index (χ4n) is 1.63. The van der Waals surface area contributed by atoms with Crippen LogP contribution in [-0.2, 0) is 11.3 Å². The maximum Gasteiger partial charge on any atom is 0.237 e. The Bertz CT molecular complexity index is 322. The van der Waals surface area contributed by atoms with E-state index >= 15 is 0 Å². The molecule has 0 aliphatic rings. The van der Waals surface area contributed by atoms with Gasteiger partial charge in [0.1, 0.15) is 0 Å². The predicted octanol–water partition coefficient (Wildman–Crippen LogP) is 2.06. The third-order valence-electron chi connectivity index (χ3n) is 2.70. The van der Waals surface area contributed by atoms with Gasteiger partial charge in [-0.15, -0.1) is 0 Å². The highest BCUT2D eigenvalue weighted by atomic mass is 16.3. The van der Waals surface area contributed by atoms with Crippen LogP contribution < -0.4 is 10.6 Å². The van der Waals surface area contributed by atoms with Crippen molar-refractivity contribution in [2.75, 3.05) is 0 Å². The van der Waals surface area contributed by atoms with Gasteiger partial charge in [0.05, 0.1) is 18.6 Å². The molecule has 0 bridgehead atoms. The van der Waals surface area contributed by atoms with Gasteiger partial charge in [0.25, 0.3) is 0 Å². The summed E-state index contributed by atoms with van der Waals surface area (Å²) in [7, 11) is 0. The molecule has 0 fully saturated rings. The zero-order chi connectivity index (χ0) is 12.7. The van der Waals surface area contributed by atoms with Crippen molar-refractivity contribution in [1.29, 1.82) is 0 Å². The number of carbonyl (C=O) groups is 1. The quantitative estimate of drug-likeness (QED) is 0.764. The van der Waals surface area contributed by atoms with Crippen LogP contribution in [0, 0.1) is 0 Å². The van der Waals surface area contributed by atoms with Crippen molar-refractivity contribution >= 4 is 5.91 Å². The first-order valence-electron chi connectivity index (χ1n) is 6.18. The van der Waals surface area contributed by atoms with Crippen LogP contribution in [0.4, 0.5) is 0 Å². The molecule has 1 amide bonds. The van der Waals surface area contributed by atoms with Gasteiger partial charge in [-0.05, 0) is 26.3 Å². The molecule has 0 aliphatic carbocycles. The number of amides is 1. The molecule has 0 saturated heterocycles. The highest BCUT2D eigenvalue weighted by Gasteiger charge is 2.14. The van der Waals surface area contributed by atoms with Gasteiger partial charge in [-0.25, -0.2) is 0 Å². The minimum atomic E-state index is -0.191. The second-order valence-corrected chi connectivity index (χ2v) is 4.43. The molecule has 2 N–H and O–H groups in total. The summed E-state index contributed by atoms with van der Waals surface area (Å²) in [6, 6.07) is 1.94. The van der Waals surface area contributed by atoms with E-state index in [1.54, 1.807) is 12.5 Å². The third kappa shape index (κ3) is 5.04. The third-order valence-corrected chi connectivity index (χ3v) is 2.70. The number of hydrogen-bond acceptors (Lipinski definition) is 3. The van der Waals surface area contributed by atoms with Gasteiger partial charge in [0.15, 0.2) is 0 Å². The van der Waals surface area contributed by atoms with Crippen LogP contribution in [0.3, 0.4) is 0 Å². The van der Waals surface area contributed by atoms with Crippen molar-refractivity contribution < 1.29 is 9.21 Å². The first-order valence-corrected chi connectivity index (χ1v) is 6.18. The van der Waals surface area contributed by atoms with Crippen LogP contribution in [0.15, 0.2) is 23.0 Å². The van der Waals surface area contributed by atoms with Crippen molar-refractivity contribution in [2.24, 2.45) is 0 Å². The maximum atomic E-state index is 11.8. The van der Waals surface area contributed by atoms with Crippen LogP contribution in [0.5, 0.6) is 0 Å². The van der Waals surface area contributed by atoms with E-state index in [1.165, 1.54) is 0 Å². The SMILES string of the molecule is CCCC(C)NC(=O)C(C)NCc1ccoc1. The Morgan fingerprint density at radius 3 is 2.82 bits per heavy atom. The second-order valence-electron chi connectivity index (χ2n) is 4.43. The molecule has 4 heteroatoms. The van der Waals surface area contributed by atoms with E-state index in [9.17, 15) is 4.79 Å². The van der Waals surface area contributed by atoms with E-state index in [0.29, 0.717) is 6.54 Å². The number of rotatable bonds is 7. The zero-order valence-electron chi connectivity index (χ0n) is 10.8. The molecule has 17 heavy (non-hydrogen) atoms. The lowest BCUT2D eigenvalue weighted by atomic mass is 10.2. The summed E-state index contributed by atoms with van der Waals surface area (Å²) < 4.78 is 4.96. The van der Waals surface area contributed by atoms with Crippen LogP contribution in [0.2, 0.25) is 0 Å². The van der Waals surface area contributed by atoms with Crippen LogP contribution in [-0.4, -0.2) is 18.0 Å². The first-order chi connectivity index (χ1) is 8.13. The lowest BCUT2D eigenvalue weighted by Crippen LogP contribution is -2.45. The summed E-state index contributed by atoms with van der Waals surface area (Å²) in [5.74, 6) is 0.0504. The van der Waals surface area contributed by atoms with Gasteiger partial charge in [-0.3, -0.25) is 4.79 Å². The van der Waals surface area contributed by atoms with Gasteiger partial charge in [-0.2, -0.15) is 0 Å². The highest BCUT2D eigenvalue weighted by molar-refractivity contribution is 5.81. The van der Waals surface area contributed by atoms with Crippen molar-refractivity contribution in [2.45, 2.75) is 52.2 Å². The Kier molecular flexibility index (Phi) is 5.77. The summed E-state index contributed by atoms with van der Waals surface area (Å²) >= 11 is 0.